The minimum Gasteiger partial charge on any atom is -0.231 e. The lowest BCUT2D eigenvalue weighted by molar-refractivity contribution is 0.976. The summed E-state index contributed by atoms with van der Waals surface area (Å²) in [5.74, 6) is 0.680. The Morgan fingerprint density at radius 3 is 1.33 bits per heavy atom. The molecule has 11 rings (SSSR count). The lowest BCUT2D eigenvalue weighted by Gasteiger charge is -2.18. The maximum Gasteiger partial charge on any atom is 0.160 e. The highest BCUT2D eigenvalue weighted by Gasteiger charge is 2.22. The summed E-state index contributed by atoms with van der Waals surface area (Å²) in [5.41, 5.74) is 17.0. The smallest absolute Gasteiger partial charge is 0.160 e. The zero-order valence-electron chi connectivity index (χ0n) is 33.2. The number of aromatic nitrogens is 4. The highest BCUT2D eigenvalue weighted by molar-refractivity contribution is 6.13. The molecule has 0 saturated heterocycles. The van der Waals surface area contributed by atoms with Crippen molar-refractivity contribution in [2.24, 2.45) is 0 Å². The molecular formula is C57H38N4. The number of benzene rings is 8. The van der Waals surface area contributed by atoms with Gasteiger partial charge in [0.05, 0.1) is 28.8 Å². The molecule has 286 valence electrons. The summed E-state index contributed by atoms with van der Waals surface area (Å²) in [6, 6.07) is 79.0. The summed E-state index contributed by atoms with van der Waals surface area (Å²) in [5, 5.41) is 7.42. The number of hydrogen-bond donors (Lipinski definition) is 0. The fourth-order valence-electron chi connectivity index (χ4n) is 8.54. The molecule has 8 aromatic carbocycles. The second-order valence-electron chi connectivity index (χ2n) is 15.3. The van der Waals surface area contributed by atoms with E-state index >= 15 is 0 Å². The van der Waals surface area contributed by atoms with Gasteiger partial charge in [-0.25, -0.2) is 14.5 Å². The molecule has 0 N–H and O–H groups in total. The largest absolute Gasteiger partial charge is 0.231 e. The Hall–Kier alpha value is -8.21. The Kier molecular flexibility index (Phi) is 9.14. The maximum absolute atomic E-state index is 5.25. The van der Waals surface area contributed by atoms with Crippen molar-refractivity contribution in [2.45, 2.75) is 0 Å². The van der Waals surface area contributed by atoms with Crippen molar-refractivity contribution < 1.29 is 0 Å². The number of nitrogens with zero attached hydrogens (tertiary/aromatic N) is 4. The highest BCUT2D eigenvalue weighted by atomic mass is 15.2. The first-order valence-electron chi connectivity index (χ1n) is 20.6. The standard InChI is InChI=1S/C57H38N4/c1-6-18-39(19-7-1)46-34-47(40-20-8-2-9-21-40)36-48(35-46)53-37-52(59-57(60-53)45-26-14-5-15-27-45)42-30-32-43(33-31-42)54-49-28-16-17-29-50(49)56-51(41-22-10-3-11-23-41)38-58-61(56)55(54)44-24-12-4-13-25-44/h1-38H. The highest BCUT2D eigenvalue weighted by Crippen LogP contribution is 2.43. The van der Waals surface area contributed by atoms with Crippen molar-refractivity contribution in [3.63, 3.8) is 0 Å². The molecule has 0 amide bonds. The van der Waals surface area contributed by atoms with Gasteiger partial charge < -0.3 is 0 Å². The van der Waals surface area contributed by atoms with E-state index in [9.17, 15) is 0 Å². The van der Waals surface area contributed by atoms with E-state index in [4.69, 9.17) is 15.1 Å². The third-order valence-corrected chi connectivity index (χ3v) is 11.5. The number of rotatable bonds is 8. The molecule has 0 spiro atoms. The van der Waals surface area contributed by atoms with Crippen LogP contribution in [0.5, 0.6) is 0 Å². The summed E-state index contributed by atoms with van der Waals surface area (Å²) in [6.07, 6.45) is 2.01. The number of pyridine rings is 1. The van der Waals surface area contributed by atoms with E-state index in [2.05, 4.69) is 211 Å². The third-order valence-electron chi connectivity index (χ3n) is 11.5. The van der Waals surface area contributed by atoms with Crippen LogP contribution >= 0.6 is 0 Å². The summed E-state index contributed by atoms with van der Waals surface area (Å²) < 4.78 is 2.14. The minimum absolute atomic E-state index is 0.680. The number of fused-ring (bicyclic) bond motifs is 3. The van der Waals surface area contributed by atoms with E-state index in [0.717, 1.165) is 94.7 Å². The van der Waals surface area contributed by atoms with Crippen molar-refractivity contribution in [1.82, 2.24) is 19.6 Å². The lowest BCUT2D eigenvalue weighted by atomic mass is 9.91. The molecule has 4 nitrogen and oxygen atoms in total. The predicted molar refractivity (Wildman–Crippen MR) is 252 cm³/mol. The predicted octanol–water partition coefficient (Wildman–Crippen LogP) is 14.6. The average Bonchev–Trinajstić information content (AvgIpc) is 3.80. The second kappa shape index (κ2) is 15.5. The molecule has 0 aliphatic carbocycles. The first kappa shape index (κ1) is 35.9. The van der Waals surface area contributed by atoms with E-state index in [1.54, 1.807) is 0 Å². The van der Waals surface area contributed by atoms with Crippen LogP contribution in [0.2, 0.25) is 0 Å². The molecule has 0 aliphatic rings. The lowest BCUT2D eigenvalue weighted by Crippen LogP contribution is -2.00. The van der Waals surface area contributed by atoms with Crippen LogP contribution in [-0.2, 0) is 0 Å². The molecule has 3 heterocycles. The topological polar surface area (TPSA) is 43.1 Å². The minimum atomic E-state index is 0.680. The second-order valence-corrected chi connectivity index (χ2v) is 15.3. The normalized spacial score (nSPS) is 11.3. The first-order valence-corrected chi connectivity index (χ1v) is 20.6. The molecule has 0 bridgehead atoms. The Labute approximate surface area is 354 Å². The average molecular weight is 779 g/mol. The van der Waals surface area contributed by atoms with Crippen LogP contribution in [0, 0.1) is 0 Å². The van der Waals surface area contributed by atoms with Crippen LogP contribution in [0.3, 0.4) is 0 Å². The molecular weight excluding hydrogens is 741 g/mol. The van der Waals surface area contributed by atoms with Gasteiger partial charge >= 0.3 is 0 Å². The van der Waals surface area contributed by atoms with Crippen molar-refractivity contribution >= 4 is 16.3 Å². The molecule has 11 aromatic rings. The van der Waals surface area contributed by atoms with Crippen LogP contribution in [0.4, 0.5) is 0 Å². The fourth-order valence-corrected chi connectivity index (χ4v) is 8.54. The van der Waals surface area contributed by atoms with E-state index in [0.29, 0.717) is 5.82 Å². The molecule has 0 atom stereocenters. The van der Waals surface area contributed by atoms with Gasteiger partial charge in [0.2, 0.25) is 0 Å². The molecule has 0 radical (unpaired) electrons. The summed E-state index contributed by atoms with van der Waals surface area (Å²) in [4.78, 5) is 10.5. The van der Waals surface area contributed by atoms with Gasteiger partial charge in [-0.3, -0.25) is 0 Å². The van der Waals surface area contributed by atoms with Gasteiger partial charge in [0.25, 0.3) is 0 Å². The fraction of sp³-hybridized carbons (Fsp3) is 0. The van der Waals surface area contributed by atoms with Crippen molar-refractivity contribution in [3.8, 4) is 89.7 Å². The van der Waals surface area contributed by atoms with E-state index in [1.807, 2.05) is 24.4 Å². The van der Waals surface area contributed by atoms with Gasteiger partial charge in [-0.1, -0.05) is 200 Å². The monoisotopic (exact) mass is 778 g/mol. The Morgan fingerprint density at radius 1 is 0.311 bits per heavy atom. The Morgan fingerprint density at radius 2 is 0.754 bits per heavy atom. The van der Waals surface area contributed by atoms with Gasteiger partial charge in [-0.15, -0.1) is 0 Å². The SMILES string of the molecule is c1ccc(-c2cc(-c3ccccc3)cc(-c3cc(-c4ccc(-c5c(-c6ccccc6)n6ncc(-c7ccccc7)c6c6ccccc56)cc4)nc(-c4ccccc4)n3)c2)cc1. The maximum atomic E-state index is 5.25. The van der Waals surface area contributed by atoms with E-state index < -0.39 is 0 Å². The van der Waals surface area contributed by atoms with E-state index in [1.165, 1.54) is 5.39 Å². The quantitative estimate of drug-likeness (QED) is 0.154. The molecule has 0 fully saturated rings. The van der Waals surface area contributed by atoms with Crippen molar-refractivity contribution in [1.29, 1.82) is 0 Å². The van der Waals surface area contributed by atoms with Crippen molar-refractivity contribution in [3.05, 3.63) is 231 Å². The van der Waals surface area contributed by atoms with Crippen molar-refractivity contribution in [2.75, 3.05) is 0 Å². The third kappa shape index (κ3) is 6.76. The summed E-state index contributed by atoms with van der Waals surface area (Å²) >= 11 is 0. The molecule has 0 unspecified atom stereocenters. The Balaban J connectivity index is 1.09. The summed E-state index contributed by atoms with van der Waals surface area (Å²) in [6.45, 7) is 0. The van der Waals surface area contributed by atoms with Crippen LogP contribution in [0.15, 0.2) is 231 Å². The zero-order valence-corrected chi connectivity index (χ0v) is 33.2. The van der Waals surface area contributed by atoms with Gasteiger partial charge in [-0.05, 0) is 63.0 Å². The Bertz CT molecular complexity index is 3250. The van der Waals surface area contributed by atoms with Crippen LogP contribution < -0.4 is 0 Å². The molecule has 61 heavy (non-hydrogen) atoms. The van der Waals surface area contributed by atoms with Gasteiger partial charge in [0.1, 0.15) is 0 Å². The number of hydrogen-bond acceptors (Lipinski definition) is 3. The molecule has 4 heteroatoms. The summed E-state index contributed by atoms with van der Waals surface area (Å²) in [7, 11) is 0. The molecule has 3 aromatic heterocycles. The van der Waals surface area contributed by atoms with Gasteiger partial charge in [-0.2, -0.15) is 5.10 Å². The van der Waals surface area contributed by atoms with Crippen LogP contribution in [0.1, 0.15) is 0 Å². The van der Waals surface area contributed by atoms with Crippen LogP contribution in [-0.4, -0.2) is 19.6 Å². The zero-order chi connectivity index (χ0) is 40.5. The van der Waals surface area contributed by atoms with E-state index in [-0.39, 0.29) is 0 Å². The van der Waals surface area contributed by atoms with Gasteiger partial charge in [0.15, 0.2) is 5.82 Å². The molecule has 0 aliphatic heterocycles. The molecule has 0 saturated carbocycles. The first-order chi connectivity index (χ1) is 30.2. The van der Waals surface area contributed by atoms with Crippen LogP contribution in [0.25, 0.3) is 106 Å². The van der Waals surface area contributed by atoms with Gasteiger partial charge in [0, 0.05) is 38.8 Å².